The van der Waals surface area contributed by atoms with Crippen LogP contribution in [0.5, 0.6) is 5.75 Å². The predicted octanol–water partition coefficient (Wildman–Crippen LogP) is 4.91. The van der Waals surface area contributed by atoms with Gasteiger partial charge >= 0.3 is 0 Å². The Balaban J connectivity index is 1.70. The number of ether oxygens (including phenoxy) is 1. The average Bonchev–Trinajstić information content (AvgIpc) is 2.92. The lowest BCUT2D eigenvalue weighted by Crippen LogP contribution is -2.13. The number of furan rings is 1. The molecule has 27 heavy (non-hydrogen) atoms. The number of benzene rings is 2. The van der Waals surface area contributed by atoms with Crippen LogP contribution in [0.3, 0.4) is 0 Å². The van der Waals surface area contributed by atoms with Crippen molar-refractivity contribution in [3.8, 4) is 11.8 Å². The van der Waals surface area contributed by atoms with E-state index in [1.54, 1.807) is 31.2 Å². The molecule has 0 radical (unpaired) electrons. The molecule has 0 aliphatic carbocycles. The fraction of sp³-hybridized carbons (Fsp3) is 0.182. The van der Waals surface area contributed by atoms with Gasteiger partial charge in [-0.05, 0) is 50.6 Å². The molecule has 5 nitrogen and oxygen atoms in total. The molecule has 3 aromatic rings. The van der Waals surface area contributed by atoms with E-state index in [1.165, 1.54) is 0 Å². The van der Waals surface area contributed by atoms with Gasteiger partial charge in [0.15, 0.2) is 0 Å². The van der Waals surface area contributed by atoms with E-state index >= 15 is 0 Å². The quantitative estimate of drug-likeness (QED) is 0.701. The first-order chi connectivity index (χ1) is 13.0. The highest BCUT2D eigenvalue weighted by molar-refractivity contribution is 6.06. The molecule has 1 aromatic heterocycles. The zero-order valence-electron chi connectivity index (χ0n) is 15.5. The molecule has 3 rings (SSSR count). The van der Waals surface area contributed by atoms with Crippen molar-refractivity contribution >= 4 is 11.6 Å². The van der Waals surface area contributed by atoms with E-state index in [0.717, 1.165) is 16.9 Å². The Morgan fingerprint density at radius 3 is 2.59 bits per heavy atom. The summed E-state index contributed by atoms with van der Waals surface area (Å²) in [5.41, 5.74) is 3.55. The van der Waals surface area contributed by atoms with Gasteiger partial charge in [0.05, 0.1) is 17.2 Å². The van der Waals surface area contributed by atoms with Crippen molar-refractivity contribution in [3.63, 3.8) is 0 Å². The molecule has 1 N–H and O–H groups in total. The van der Waals surface area contributed by atoms with E-state index in [1.807, 2.05) is 38.1 Å². The van der Waals surface area contributed by atoms with Crippen molar-refractivity contribution in [2.75, 3.05) is 5.32 Å². The van der Waals surface area contributed by atoms with Crippen molar-refractivity contribution in [2.45, 2.75) is 27.4 Å². The fourth-order valence-corrected chi connectivity index (χ4v) is 2.88. The number of anilines is 1. The minimum Gasteiger partial charge on any atom is -0.489 e. The van der Waals surface area contributed by atoms with Crippen molar-refractivity contribution in [3.05, 3.63) is 82.3 Å². The number of carbonyl (C=O) groups excluding carboxylic acids is 1. The molecule has 136 valence electrons. The summed E-state index contributed by atoms with van der Waals surface area (Å²) in [6.07, 6.45) is 0. The largest absolute Gasteiger partial charge is 0.489 e. The molecule has 0 saturated heterocycles. The maximum atomic E-state index is 12.6. The first-order valence-corrected chi connectivity index (χ1v) is 8.58. The minimum atomic E-state index is -0.208. The molecule has 0 atom stereocenters. The van der Waals surface area contributed by atoms with Crippen LogP contribution in [-0.2, 0) is 6.61 Å². The third-order valence-electron chi connectivity index (χ3n) is 4.34. The van der Waals surface area contributed by atoms with Crippen LogP contribution in [0.2, 0.25) is 0 Å². The van der Waals surface area contributed by atoms with Crippen molar-refractivity contribution < 1.29 is 13.9 Å². The van der Waals surface area contributed by atoms with Gasteiger partial charge in [-0.3, -0.25) is 4.79 Å². The number of carbonyl (C=O) groups is 1. The fourth-order valence-electron chi connectivity index (χ4n) is 2.88. The zero-order valence-corrected chi connectivity index (χ0v) is 15.5. The predicted molar refractivity (Wildman–Crippen MR) is 103 cm³/mol. The Labute approximate surface area is 158 Å². The summed E-state index contributed by atoms with van der Waals surface area (Å²) >= 11 is 0. The summed E-state index contributed by atoms with van der Waals surface area (Å²) in [6, 6.07) is 16.6. The molecule has 5 heteroatoms. The van der Waals surface area contributed by atoms with Gasteiger partial charge in [-0.15, -0.1) is 0 Å². The minimum absolute atomic E-state index is 0.208. The van der Waals surface area contributed by atoms with Crippen molar-refractivity contribution in [2.24, 2.45) is 0 Å². The van der Waals surface area contributed by atoms with Crippen LogP contribution >= 0.6 is 0 Å². The van der Waals surface area contributed by atoms with Crippen LogP contribution in [0, 0.1) is 32.1 Å². The number of nitriles is 1. The lowest BCUT2D eigenvalue weighted by atomic mass is 10.1. The van der Waals surface area contributed by atoms with Crippen LogP contribution in [0.25, 0.3) is 0 Å². The summed E-state index contributed by atoms with van der Waals surface area (Å²) in [5.74, 6) is 1.77. The van der Waals surface area contributed by atoms with Crippen LogP contribution in [-0.4, -0.2) is 5.91 Å². The van der Waals surface area contributed by atoms with Crippen LogP contribution in [0.1, 0.15) is 38.6 Å². The normalized spacial score (nSPS) is 10.3. The van der Waals surface area contributed by atoms with Gasteiger partial charge in [0.1, 0.15) is 23.9 Å². The maximum absolute atomic E-state index is 12.6. The van der Waals surface area contributed by atoms with E-state index in [9.17, 15) is 4.79 Å². The zero-order chi connectivity index (χ0) is 19.4. The molecule has 2 aromatic carbocycles. The molecule has 1 heterocycles. The van der Waals surface area contributed by atoms with Crippen molar-refractivity contribution in [1.82, 2.24) is 0 Å². The molecule has 0 unspecified atom stereocenters. The lowest BCUT2D eigenvalue weighted by molar-refractivity contribution is 0.102. The van der Waals surface area contributed by atoms with E-state index < -0.39 is 0 Å². The number of hydrogen-bond donors (Lipinski definition) is 1. The van der Waals surface area contributed by atoms with Gasteiger partial charge in [0.25, 0.3) is 5.91 Å². The number of nitrogens with one attached hydrogen (secondary N) is 1. The molecular formula is C22H20N2O3. The second-order valence-corrected chi connectivity index (χ2v) is 6.30. The van der Waals surface area contributed by atoms with E-state index in [-0.39, 0.29) is 5.91 Å². The molecule has 1 amide bonds. The molecule has 0 spiro atoms. The van der Waals surface area contributed by atoms with E-state index in [2.05, 4.69) is 11.4 Å². The Bertz CT molecular complexity index is 1030. The standard InChI is InChI=1S/C22H20N2O3/c1-14-15(2)27-16(3)21(14)22(25)24-19-8-5-9-20(11-19)26-13-18-7-4-6-17(10-18)12-23/h4-11H,13H2,1-3H3,(H,24,25). The van der Waals surface area contributed by atoms with Crippen LogP contribution in [0.4, 0.5) is 5.69 Å². The van der Waals surface area contributed by atoms with Gasteiger partial charge in [-0.2, -0.15) is 5.26 Å². The Hall–Kier alpha value is -3.52. The van der Waals surface area contributed by atoms with Crippen LogP contribution in [0.15, 0.2) is 52.9 Å². The average molecular weight is 360 g/mol. The Morgan fingerprint density at radius 2 is 1.89 bits per heavy atom. The van der Waals surface area contributed by atoms with Gasteiger partial charge in [-0.25, -0.2) is 0 Å². The molecule has 0 bridgehead atoms. The molecular weight excluding hydrogens is 340 g/mol. The molecule has 0 aliphatic rings. The Morgan fingerprint density at radius 1 is 1.11 bits per heavy atom. The summed E-state index contributed by atoms with van der Waals surface area (Å²) in [7, 11) is 0. The van der Waals surface area contributed by atoms with Crippen molar-refractivity contribution in [1.29, 1.82) is 5.26 Å². The number of rotatable bonds is 5. The highest BCUT2D eigenvalue weighted by atomic mass is 16.5. The van der Waals surface area contributed by atoms with Gasteiger partial charge < -0.3 is 14.5 Å². The molecule has 0 aliphatic heterocycles. The number of amides is 1. The summed E-state index contributed by atoms with van der Waals surface area (Å²) < 4.78 is 11.3. The van der Waals surface area contributed by atoms with E-state index in [0.29, 0.717) is 34.9 Å². The first kappa shape index (κ1) is 18.3. The number of aryl methyl sites for hydroxylation is 2. The monoisotopic (exact) mass is 360 g/mol. The number of nitrogens with zero attached hydrogens (tertiary/aromatic N) is 1. The first-order valence-electron chi connectivity index (χ1n) is 8.58. The van der Waals surface area contributed by atoms with Gasteiger partial charge in [-0.1, -0.05) is 18.2 Å². The highest BCUT2D eigenvalue weighted by Gasteiger charge is 2.18. The highest BCUT2D eigenvalue weighted by Crippen LogP contribution is 2.24. The second kappa shape index (κ2) is 7.79. The SMILES string of the molecule is Cc1oc(C)c(C(=O)Nc2cccc(OCc3cccc(C#N)c3)c2)c1C. The topological polar surface area (TPSA) is 75.3 Å². The van der Waals surface area contributed by atoms with E-state index in [4.69, 9.17) is 14.4 Å². The molecule has 0 fully saturated rings. The maximum Gasteiger partial charge on any atom is 0.259 e. The van der Waals surface area contributed by atoms with Gasteiger partial charge in [0.2, 0.25) is 0 Å². The molecule has 0 saturated carbocycles. The summed E-state index contributed by atoms with van der Waals surface area (Å²) in [5, 5.41) is 11.9. The number of hydrogen-bond acceptors (Lipinski definition) is 4. The van der Waals surface area contributed by atoms with Gasteiger partial charge in [0, 0.05) is 17.3 Å². The Kier molecular flexibility index (Phi) is 5.28. The third-order valence-corrected chi connectivity index (χ3v) is 4.34. The second-order valence-electron chi connectivity index (χ2n) is 6.30. The third kappa shape index (κ3) is 4.18. The summed E-state index contributed by atoms with van der Waals surface area (Å²) in [6.45, 7) is 5.83. The smallest absolute Gasteiger partial charge is 0.259 e. The van der Waals surface area contributed by atoms with Crippen LogP contribution < -0.4 is 10.1 Å². The lowest BCUT2D eigenvalue weighted by Gasteiger charge is -2.10. The summed E-state index contributed by atoms with van der Waals surface area (Å²) in [4.78, 5) is 12.6.